The first kappa shape index (κ1) is 22.4. The maximum Gasteiger partial charge on any atom is 0.331 e. The molecule has 0 aromatic rings. The van der Waals surface area contributed by atoms with Crippen molar-refractivity contribution < 1.29 is 23.9 Å². The zero-order valence-corrected chi connectivity index (χ0v) is 18.0. The molecule has 2 aliphatic carbocycles. The number of allylic oxidation sites excluding steroid dienone is 1. The van der Waals surface area contributed by atoms with E-state index in [-0.39, 0.29) is 47.5 Å². The van der Waals surface area contributed by atoms with Gasteiger partial charge in [-0.05, 0) is 55.9 Å². The molecule has 0 amide bonds. The highest BCUT2D eigenvalue weighted by Gasteiger charge is 2.55. The van der Waals surface area contributed by atoms with Gasteiger partial charge in [-0.25, -0.2) is 4.79 Å². The van der Waals surface area contributed by atoms with E-state index in [0.29, 0.717) is 18.8 Å². The first-order valence-electron chi connectivity index (χ1n) is 10.3. The molecule has 0 spiro atoms. The number of carbonyl (C=O) groups excluding carboxylic acids is 3. The van der Waals surface area contributed by atoms with Gasteiger partial charge in [0.25, 0.3) is 0 Å². The fourth-order valence-electron chi connectivity index (χ4n) is 4.92. The molecule has 0 heterocycles. The van der Waals surface area contributed by atoms with Crippen molar-refractivity contribution in [2.75, 3.05) is 0 Å². The highest BCUT2D eigenvalue weighted by molar-refractivity contribution is 5.86. The van der Waals surface area contributed by atoms with Gasteiger partial charge >= 0.3 is 11.9 Å². The fraction of sp³-hybridized carbons (Fsp3) is 0.696. The van der Waals surface area contributed by atoms with Gasteiger partial charge in [-0.1, -0.05) is 32.9 Å². The smallest absolute Gasteiger partial charge is 0.331 e. The molecule has 0 bridgehead atoms. The van der Waals surface area contributed by atoms with Crippen molar-refractivity contribution in [3.8, 4) is 0 Å². The molecule has 0 radical (unpaired) electrons. The van der Waals surface area contributed by atoms with Gasteiger partial charge in [-0.3, -0.25) is 9.59 Å². The number of hydrogen-bond acceptors (Lipinski definition) is 5. The minimum absolute atomic E-state index is 0.0364. The lowest BCUT2D eigenvalue weighted by molar-refractivity contribution is -0.153. The van der Waals surface area contributed by atoms with Gasteiger partial charge in [0.15, 0.2) is 0 Å². The lowest BCUT2D eigenvalue weighted by Gasteiger charge is -2.44. The van der Waals surface area contributed by atoms with Crippen LogP contribution in [0.5, 0.6) is 0 Å². The van der Waals surface area contributed by atoms with Crippen molar-refractivity contribution in [2.24, 2.45) is 29.6 Å². The number of ketones is 1. The normalized spacial score (nSPS) is 31.5. The monoisotopic (exact) mass is 390 g/mol. The first-order valence-corrected chi connectivity index (χ1v) is 10.3. The number of ether oxygens (including phenoxy) is 2. The van der Waals surface area contributed by atoms with Crippen LogP contribution in [0.1, 0.15) is 60.8 Å². The minimum Gasteiger partial charge on any atom is -0.462 e. The second-order valence-electron chi connectivity index (χ2n) is 8.68. The van der Waals surface area contributed by atoms with Crippen molar-refractivity contribution in [2.45, 2.75) is 73.0 Å². The largest absolute Gasteiger partial charge is 0.462 e. The van der Waals surface area contributed by atoms with Crippen LogP contribution < -0.4 is 0 Å². The Labute approximate surface area is 168 Å². The van der Waals surface area contributed by atoms with E-state index in [9.17, 15) is 14.4 Å². The highest BCUT2D eigenvalue weighted by atomic mass is 16.5. The van der Waals surface area contributed by atoms with Crippen molar-refractivity contribution in [1.82, 2.24) is 0 Å². The summed E-state index contributed by atoms with van der Waals surface area (Å²) >= 11 is 0. The quantitative estimate of drug-likeness (QED) is 0.385. The predicted molar refractivity (Wildman–Crippen MR) is 107 cm³/mol. The predicted octanol–water partition coefficient (Wildman–Crippen LogP) is 4.26. The second kappa shape index (κ2) is 9.06. The molecule has 2 aliphatic rings. The zero-order chi connectivity index (χ0) is 21.2. The topological polar surface area (TPSA) is 69.7 Å². The van der Waals surface area contributed by atoms with E-state index in [2.05, 4.69) is 20.4 Å². The molecule has 5 nitrogen and oxygen atoms in total. The Balaban J connectivity index is 2.26. The fourth-order valence-corrected chi connectivity index (χ4v) is 4.92. The molecule has 6 atom stereocenters. The van der Waals surface area contributed by atoms with E-state index in [1.54, 1.807) is 6.92 Å². The third-order valence-corrected chi connectivity index (χ3v) is 6.44. The van der Waals surface area contributed by atoms with Crippen LogP contribution in [0, 0.1) is 29.6 Å². The summed E-state index contributed by atoms with van der Waals surface area (Å²) in [4.78, 5) is 36.6. The molecule has 2 fully saturated rings. The summed E-state index contributed by atoms with van der Waals surface area (Å²) in [7, 11) is 0. The maximum absolute atomic E-state index is 12.8. The molecular formula is C23H34O5. The number of esters is 2. The number of hydrogen-bond donors (Lipinski definition) is 0. The van der Waals surface area contributed by atoms with Crippen LogP contribution in [0.15, 0.2) is 23.8 Å². The number of carbonyl (C=O) groups is 3. The zero-order valence-electron chi connectivity index (χ0n) is 18.0. The molecule has 0 N–H and O–H groups in total. The summed E-state index contributed by atoms with van der Waals surface area (Å²) in [6.45, 7) is 15.5. The van der Waals surface area contributed by atoms with Crippen LogP contribution in [-0.4, -0.2) is 29.9 Å². The third-order valence-electron chi connectivity index (χ3n) is 6.44. The Morgan fingerprint density at radius 2 is 1.89 bits per heavy atom. The van der Waals surface area contributed by atoms with E-state index in [4.69, 9.17) is 9.47 Å². The Morgan fingerprint density at radius 3 is 2.43 bits per heavy atom. The molecule has 156 valence electrons. The van der Waals surface area contributed by atoms with E-state index in [1.165, 1.54) is 13.0 Å². The molecule has 28 heavy (non-hydrogen) atoms. The summed E-state index contributed by atoms with van der Waals surface area (Å²) in [5, 5.41) is 0. The Kier molecular flexibility index (Phi) is 7.24. The molecular weight excluding hydrogens is 356 g/mol. The van der Waals surface area contributed by atoms with E-state index in [1.807, 2.05) is 13.8 Å². The van der Waals surface area contributed by atoms with Crippen LogP contribution >= 0.6 is 0 Å². The van der Waals surface area contributed by atoms with Crippen LogP contribution in [0.4, 0.5) is 0 Å². The average Bonchev–Trinajstić information content (AvgIpc) is 2.93. The average molecular weight is 391 g/mol. The van der Waals surface area contributed by atoms with Gasteiger partial charge in [-0.2, -0.15) is 0 Å². The van der Waals surface area contributed by atoms with Crippen LogP contribution in [0.3, 0.4) is 0 Å². The van der Waals surface area contributed by atoms with E-state index >= 15 is 0 Å². The van der Waals surface area contributed by atoms with E-state index in [0.717, 1.165) is 17.6 Å². The molecule has 5 heteroatoms. The number of fused-ring (bicyclic) bond motifs is 1. The number of rotatable bonds is 6. The summed E-state index contributed by atoms with van der Waals surface area (Å²) in [6, 6.07) is 0. The van der Waals surface area contributed by atoms with Gasteiger partial charge in [0.2, 0.25) is 0 Å². The second-order valence-corrected chi connectivity index (χ2v) is 8.68. The van der Waals surface area contributed by atoms with Gasteiger partial charge in [-0.15, -0.1) is 0 Å². The van der Waals surface area contributed by atoms with Gasteiger partial charge in [0, 0.05) is 19.4 Å². The first-order chi connectivity index (χ1) is 13.1. The molecule has 0 aliphatic heterocycles. The minimum atomic E-state index is -0.455. The van der Waals surface area contributed by atoms with Gasteiger partial charge in [0.1, 0.15) is 18.0 Å². The number of Topliss-reactive ketones (excluding diaryl/α,β-unsaturated/α-hetero) is 1. The summed E-state index contributed by atoms with van der Waals surface area (Å²) < 4.78 is 11.1. The standard InChI is InChI=1S/C23H34O5/c1-8-13(4)9-21(26)28-20-11-17(12(2)3)23-18(14(20)5)10-19(25)22(23)15(6)27-16(7)24/h9,12,15,17-18,20,22-23H,5,8,10-11H2,1-4,6-7H3/b13-9+/t15?,17?,18?,20-,22?,23?/m0/s1. The molecule has 0 aromatic carbocycles. The molecule has 0 saturated heterocycles. The molecule has 5 unspecified atom stereocenters. The maximum atomic E-state index is 12.8. The highest BCUT2D eigenvalue weighted by Crippen LogP contribution is 2.53. The lowest BCUT2D eigenvalue weighted by atomic mass is 9.63. The molecule has 2 rings (SSSR count). The Morgan fingerprint density at radius 1 is 1.25 bits per heavy atom. The Hall–Kier alpha value is -1.91. The van der Waals surface area contributed by atoms with Crippen molar-refractivity contribution in [3.63, 3.8) is 0 Å². The van der Waals surface area contributed by atoms with Crippen molar-refractivity contribution >= 4 is 17.7 Å². The van der Waals surface area contributed by atoms with Gasteiger partial charge in [0.05, 0.1) is 5.92 Å². The van der Waals surface area contributed by atoms with E-state index < -0.39 is 6.10 Å². The van der Waals surface area contributed by atoms with Crippen molar-refractivity contribution in [3.05, 3.63) is 23.8 Å². The lowest BCUT2D eigenvalue weighted by Crippen LogP contribution is -2.44. The Bertz CT molecular complexity index is 674. The summed E-state index contributed by atoms with van der Waals surface area (Å²) in [5.41, 5.74) is 1.79. The van der Waals surface area contributed by atoms with Crippen LogP contribution in [0.2, 0.25) is 0 Å². The molecule has 0 aromatic heterocycles. The summed E-state index contributed by atoms with van der Waals surface area (Å²) in [6.07, 6.45) is 2.53. The van der Waals surface area contributed by atoms with Crippen LogP contribution in [-0.2, 0) is 23.9 Å². The van der Waals surface area contributed by atoms with Crippen molar-refractivity contribution in [1.29, 1.82) is 0 Å². The van der Waals surface area contributed by atoms with Gasteiger partial charge < -0.3 is 9.47 Å². The molecule has 2 saturated carbocycles. The van der Waals surface area contributed by atoms with Crippen LogP contribution in [0.25, 0.3) is 0 Å². The third kappa shape index (κ3) is 4.73. The SMILES string of the molecule is C=C1C2CC(=O)C(C(C)OC(C)=O)C2C(C(C)C)C[C@@H]1OC(=O)/C=C(\C)CC. The summed E-state index contributed by atoms with van der Waals surface area (Å²) in [5.74, 6) is -0.388.